The first-order valence-electron chi connectivity index (χ1n) is 7.49. The minimum Gasteiger partial charge on any atom is -0.506 e. The zero-order valence-corrected chi connectivity index (χ0v) is 14.8. The molecule has 6 heteroatoms. The molecule has 1 N–H and O–H groups in total. The van der Waals surface area contributed by atoms with E-state index in [0.717, 1.165) is 10.4 Å². The van der Waals surface area contributed by atoms with Gasteiger partial charge in [-0.15, -0.1) is 11.3 Å². The number of amides is 1. The highest BCUT2D eigenvalue weighted by molar-refractivity contribution is 7.18. The molecule has 0 aliphatic heterocycles. The van der Waals surface area contributed by atoms with Crippen molar-refractivity contribution in [3.63, 3.8) is 0 Å². The molecule has 0 fully saturated rings. The van der Waals surface area contributed by atoms with E-state index >= 15 is 0 Å². The maximum absolute atomic E-state index is 12.9. The Balaban J connectivity index is 2.25. The first kappa shape index (κ1) is 16.3. The summed E-state index contributed by atoms with van der Waals surface area (Å²) in [5.41, 5.74) is 0.855. The predicted molar refractivity (Wildman–Crippen MR) is 97.4 cm³/mol. The van der Waals surface area contributed by atoms with Crippen molar-refractivity contribution in [2.75, 3.05) is 11.9 Å². The molecule has 2 aromatic heterocycles. The van der Waals surface area contributed by atoms with Gasteiger partial charge in [-0.25, -0.2) is 0 Å². The number of carbonyl (C=O) groups is 1. The number of benzene rings is 1. The smallest absolute Gasteiger partial charge is 0.268 e. The van der Waals surface area contributed by atoms with Crippen LogP contribution < -0.4 is 10.5 Å². The fraction of sp³-hybridized carbons (Fsp3) is 0.222. The highest BCUT2D eigenvalue weighted by atomic mass is 32.1. The van der Waals surface area contributed by atoms with Crippen LogP contribution in [-0.2, 0) is 7.05 Å². The van der Waals surface area contributed by atoms with E-state index in [0.29, 0.717) is 15.9 Å². The molecule has 0 spiro atoms. The van der Waals surface area contributed by atoms with Crippen LogP contribution in [0.1, 0.15) is 20.8 Å². The lowest BCUT2D eigenvalue weighted by molar-refractivity contribution is 0.0988. The minimum atomic E-state index is -0.524. The molecule has 0 radical (unpaired) electrons. The number of hydrogen-bond donors (Lipinski definition) is 1. The summed E-state index contributed by atoms with van der Waals surface area (Å²) in [5, 5.41) is 11.2. The van der Waals surface area contributed by atoms with Crippen molar-refractivity contribution in [1.82, 2.24) is 4.57 Å². The van der Waals surface area contributed by atoms with E-state index in [1.807, 2.05) is 32.0 Å². The molecule has 0 aliphatic rings. The van der Waals surface area contributed by atoms with Crippen LogP contribution in [0.5, 0.6) is 5.75 Å². The molecule has 0 atom stereocenters. The van der Waals surface area contributed by atoms with Gasteiger partial charge < -0.3 is 14.6 Å². The monoisotopic (exact) mass is 342 g/mol. The molecule has 2 heterocycles. The van der Waals surface area contributed by atoms with E-state index < -0.39 is 11.5 Å². The lowest BCUT2D eigenvalue weighted by Gasteiger charge is -2.18. The van der Waals surface area contributed by atoms with Crippen molar-refractivity contribution in [2.24, 2.45) is 7.05 Å². The topological polar surface area (TPSA) is 62.5 Å². The summed E-state index contributed by atoms with van der Waals surface area (Å²) >= 11 is 1.44. The van der Waals surface area contributed by atoms with Gasteiger partial charge in [0.1, 0.15) is 16.1 Å². The van der Waals surface area contributed by atoms with E-state index in [-0.39, 0.29) is 11.3 Å². The Labute approximate surface area is 143 Å². The third-order valence-corrected chi connectivity index (χ3v) is 5.61. The molecule has 0 saturated heterocycles. The van der Waals surface area contributed by atoms with Crippen molar-refractivity contribution < 1.29 is 9.90 Å². The molecule has 3 aromatic rings. The van der Waals surface area contributed by atoms with E-state index in [9.17, 15) is 14.7 Å². The Morgan fingerprint density at radius 2 is 1.83 bits per heavy atom. The van der Waals surface area contributed by atoms with E-state index in [1.165, 1.54) is 20.8 Å². The first-order valence-corrected chi connectivity index (χ1v) is 8.31. The number of rotatable bonds is 2. The van der Waals surface area contributed by atoms with Crippen LogP contribution in [0.4, 0.5) is 5.69 Å². The maximum Gasteiger partial charge on any atom is 0.268 e. The molecular formula is C18H18N2O3S. The Hall–Kier alpha value is -2.60. The molecule has 1 aromatic carbocycles. The fourth-order valence-corrected chi connectivity index (χ4v) is 3.86. The van der Waals surface area contributed by atoms with Crippen LogP contribution in [0.3, 0.4) is 0 Å². The van der Waals surface area contributed by atoms with Crippen LogP contribution in [0.2, 0.25) is 0 Å². The van der Waals surface area contributed by atoms with Gasteiger partial charge in [-0.2, -0.15) is 0 Å². The second kappa shape index (κ2) is 5.79. The average molecular weight is 342 g/mol. The van der Waals surface area contributed by atoms with E-state index in [4.69, 9.17) is 0 Å². The Morgan fingerprint density at radius 3 is 2.46 bits per heavy atom. The van der Waals surface area contributed by atoms with Crippen molar-refractivity contribution in [1.29, 1.82) is 0 Å². The fourth-order valence-electron chi connectivity index (χ4n) is 2.74. The van der Waals surface area contributed by atoms with Gasteiger partial charge in [0.25, 0.3) is 11.5 Å². The summed E-state index contributed by atoms with van der Waals surface area (Å²) < 4.78 is 1.44. The highest BCUT2D eigenvalue weighted by Gasteiger charge is 2.26. The molecule has 0 bridgehead atoms. The standard InChI is InChI=1S/C18H18N2O3S/c1-10-11(2)24-18-13(10)15(21)14(17(23)20(18)4)16(22)19(3)12-8-6-5-7-9-12/h5-9,21H,1-4H3. The number of aryl methyl sites for hydroxylation is 3. The van der Waals surface area contributed by atoms with E-state index in [1.54, 1.807) is 26.2 Å². The molecule has 124 valence electrons. The number of pyridine rings is 1. The summed E-state index contributed by atoms with van der Waals surface area (Å²) in [6, 6.07) is 9.02. The molecule has 3 rings (SSSR count). The van der Waals surface area contributed by atoms with Crippen molar-refractivity contribution in [3.8, 4) is 5.75 Å². The Bertz CT molecular complexity index is 1000. The molecule has 1 amide bonds. The van der Waals surface area contributed by atoms with Crippen molar-refractivity contribution in [3.05, 3.63) is 56.7 Å². The number of fused-ring (bicyclic) bond motifs is 1. The third-order valence-electron chi connectivity index (χ3n) is 4.33. The summed E-state index contributed by atoms with van der Waals surface area (Å²) in [4.78, 5) is 28.6. The number of hydrogen-bond acceptors (Lipinski definition) is 4. The van der Waals surface area contributed by atoms with Gasteiger partial charge in [-0.05, 0) is 31.5 Å². The van der Waals surface area contributed by atoms with Crippen LogP contribution in [0.25, 0.3) is 10.2 Å². The van der Waals surface area contributed by atoms with Gasteiger partial charge >= 0.3 is 0 Å². The van der Waals surface area contributed by atoms with Crippen LogP contribution in [-0.4, -0.2) is 22.6 Å². The molecule has 24 heavy (non-hydrogen) atoms. The predicted octanol–water partition coefficient (Wildman–Crippen LogP) is 3.20. The van der Waals surface area contributed by atoms with Gasteiger partial charge in [-0.3, -0.25) is 9.59 Å². The molecule has 0 saturated carbocycles. The summed E-state index contributed by atoms with van der Waals surface area (Å²) in [5.74, 6) is -0.757. The first-order chi connectivity index (χ1) is 11.3. The normalized spacial score (nSPS) is 11.0. The lowest BCUT2D eigenvalue weighted by Crippen LogP contribution is -2.33. The largest absolute Gasteiger partial charge is 0.506 e. The number of nitrogens with zero attached hydrogens (tertiary/aromatic N) is 2. The number of thiophene rings is 1. The Kier molecular flexibility index (Phi) is 3.93. The number of para-hydroxylation sites is 1. The van der Waals surface area contributed by atoms with Crippen molar-refractivity contribution >= 4 is 33.1 Å². The second-order valence-corrected chi connectivity index (χ2v) is 6.95. The molecular weight excluding hydrogens is 324 g/mol. The average Bonchev–Trinajstić information content (AvgIpc) is 2.88. The zero-order valence-electron chi connectivity index (χ0n) is 14.0. The Morgan fingerprint density at radius 1 is 1.21 bits per heavy atom. The van der Waals surface area contributed by atoms with Crippen LogP contribution in [0, 0.1) is 13.8 Å². The number of aromatic nitrogens is 1. The summed E-state index contributed by atoms with van der Waals surface area (Å²) in [6.07, 6.45) is 0. The number of anilines is 1. The van der Waals surface area contributed by atoms with Crippen LogP contribution >= 0.6 is 11.3 Å². The van der Waals surface area contributed by atoms with Gasteiger partial charge in [0.15, 0.2) is 0 Å². The maximum atomic E-state index is 12.9. The quantitative estimate of drug-likeness (QED) is 0.778. The number of carbonyl (C=O) groups excluding carboxylic acids is 1. The third kappa shape index (κ3) is 2.30. The molecule has 0 aliphatic carbocycles. The molecule has 0 unspecified atom stereocenters. The number of aromatic hydroxyl groups is 1. The van der Waals surface area contributed by atoms with Gasteiger partial charge in [0.05, 0.1) is 5.39 Å². The summed E-state index contributed by atoms with van der Waals surface area (Å²) in [6.45, 7) is 3.81. The highest BCUT2D eigenvalue weighted by Crippen LogP contribution is 2.36. The molecule has 5 nitrogen and oxygen atoms in total. The summed E-state index contributed by atoms with van der Waals surface area (Å²) in [7, 11) is 3.21. The van der Waals surface area contributed by atoms with E-state index in [2.05, 4.69) is 0 Å². The second-order valence-electron chi connectivity index (χ2n) is 5.75. The minimum absolute atomic E-state index is 0.197. The van der Waals surface area contributed by atoms with Gasteiger partial charge in [0, 0.05) is 24.7 Å². The van der Waals surface area contributed by atoms with Crippen molar-refractivity contribution in [2.45, 2.75) is 13.8 Å². The van der Waals surface area contributed by atoms with Gasteiger partial charge in [-0.1, -0.05) is 18.2 Å². The van der Waals surface area contributed by atoms with Gasteiger partial charge in [0.2, 0.25) is 0 Å². The SMILES string of the molecule is Cc1sc2c(c1C)c(O)c(C(=O)N(C)c1ccccc1)c(=O)n2C. The zero-order chi connectivity index (χ0) is 17.6. The van der Waals surface area contributed by atoms with Crippen LogP contribution in [0.15, 0.2) is 35.1 Å². The lowest BCUT2D eigenvalue weighted by atomic mass is 10.1.